The summed E-state index contributed by atoms with van der Waals surface area (Å²) in [4.78, 5) is 24.3. The van der Waals surface area contributed by atoms with Gasteiger partial charge in [-0.3, -0.25) is 9.59 Å². The second-order valence-electron chi connectivity index (χ2n) is 4.72. The second kappa shape index (κ2) is 3.46. The van der Waals surface area contributed by atoms with Crippen molar-refractivity contribution in [3.63, 3.8) is 0 Å². The molecule has 5 N–H and O–H groups in total. The van der Waals surface area contributed by atoms with Gasteiger partial charge in [0.05, 0.1) is 12.6 Å². The van der Waals surface area contributed by atoms with Gasteiger partial charge < -0.3 is 21.5 Å². The molecule has 1 saturated heterocycles. The number of amides is 2. The molecule has 2 aliphatic heterocycles. The number of hydrogen-bond acceptors (Lipinski definition) is 4. The fourth-order valence-corrected chi connectivity index (χ4v) is 2.75. The smallest absolute Gasteiger partial charge is 0.244 e. The molecule has 6 heteroatoms. The maximum atomic E-state index is 12.1. The topological polar surface area (TPSA) is 104 Å². The number of fused-ring (bicyclic) bond motifs is 2. The minimum absolute atomic E-state index is 0.176. The fraction of sp³-hybridized carbons (Fsp3) is 0.333. The number of rotatable bonds is 1. The van der Waals surface area contributed by atoms with Crippen LogP contribution in [0.4, 0.5) is 11.4 Å². The van der Waals surface area contributed by atoms with E-state index in [2.05, 4.69) is 10.6 Å². The molecule has 0 aromatic heterocycles. The Labute approximate surface area is 103 Å². The summed E-state index contributed by atoms with van der Waals surface area (Å²) in [5.41, 5.74) is 6.19. The first-order valence-corrected chi connectivity index (χ1v) is 5.71. The van der Waals surface area contributed by atoms with Crippen LogP contribution in [0.25, 0.3) is 0 Å². The molecule has 3 rings (SSSR count). The minimum Gasteiger partial charge on any atom is -0.399 e. The van der Waals surface area contributed by atoms with Crippen LogP contribution in [0.1, 0.15) is 12.0 Å². The third-order valence-electron chi connectivity index (χ3n) is 3.64. The largest absolute Gasteiger partial charge is 0.399 e. The van der Waals surface area contributed by atoms with Crippen molar-refractivity contribution in [2.45, 2.75) is 17.9 Å². The quantitative estimate of drug-likeness (QED) is 0.390. The van der Waals surface area contributed by atoms with Crippen molar-refractivity contribution in [3.8, 4) is 0 Å². The van der Waals surface area contributed by atoms with Crippen LogP contribution >= 0.6 is 0 Å². The van der Waals surface area contributed by atoms with Crippen LogP contribution in [0, 0.1) is 0 Å². The van der Waals surface area contributed by atoms with E-state index in [9.17, 15) is 9.59 Å². The summed E-state index contributed by atoms with van der Waals surface area (Å²) in [6.45, 7) is -0.176. The van der Waals surface area contributed by atoms with E-state index in [1.54, 1.807) is 18.2 Å². The molecule has 0 saturated carbocycles. The summed E-state index contributed by atoms with van der Waals surface area (Å²) in [5.74, 6) is -0.709. The van der Waals surface area contributed by atoms with Crippen LogP contribution in [-0.2, 0) is 15.0 Å². The second-order valence-corrected chi connectivity index (χ2v) is 4.72. The van der Waals surface area contributed by atoms with Gasteiger partial charge in [0.2, 0.25) is 11.8 Å². The number of aliphatic hydroxyl groups is 1. The Morgan fingerprint density at radius 3 is 2.83 bits per heavy atom. The summed E-state index contributed by atoms with van der Waals surface area (Å²) >= 11 is 0. The highest BCUT2D eigenvalue weighted by molar-refractivity contribution is 6.21. The molecule has 1 spiro atoms. The molecule has 0 radical (unpaired) electrons. The molecule has 2 heterocycles. The number of carbonyl (C=O) groups excluding carboxylic acids is 2. The summed E-state index contributed by atoms with van der Waals surface area (Å²) in [6, 6.07) is 4.62. The van der Waals surface area contributed by atoms with Crippen LogP contribution in [0.5, 0.6) is 0 Å². The lowest BCUT2D eigenvalue weighted by Gasteiger charge is -2.17. The Bertz CT molecular complexity index is 557. The van der Waals surface area contributed by atoms with Crippen molar-refractivity contribution >= 4 is 23.2 Å². The number of nitrogen functional groups attached to an aromatic ring is 1. The molecule has 2 atom stereocenters. The van der Waals surface area contributed by atoms with Gasteiger partial charge in [-0.2, -0.15) is 0 Å². The van der Waals surface area contributed by atoms with Crippen LogP contribution in [-0.4, -0.2) is 29.6 Å². The molecule has 6 nitrogen and oxygen atoms in total. The standard InChI is InChI=1S/C12H13N3O3/c13-6-1-2-8-9(3-6)15-11(18)12(8)4-7(5-16)14-10(12)17/h1-3,7,16H,4-5,13H2,(H,14,17)(H,15,18)/t7-,12+/m0/s1. The van der Waals surface area contributed by atoms with E-state index in [0.717, 1.165) is 0 Å². The Morgan fingerprint density at radius 1 is 1.39 bits per heavy atom. The first-order chi connectivity index (χ1) is 8.57. The number of nitrogens with one attached hydrogen (secondary N) is 2. The summed E-state index contributed by atoms with van der Waals surface area (Å²) < 4.78 is 0. The van der Waals surface area contributed by atoms with Gasteiger partial charge in [0.25, 0.3) is 0 Å². The third kappa shape index (κ3) is 1.20. The molecule has 0 bridgehead atoms. The van der Waals surface area contributed by atoms with E-state index in [0.29, 0.717) is 16.9 Å². The number of benzene rings is 1. The van der Waals surface area contributed by atoms with Crippen molar-refractivity contribution in [1.82, 2.24) is 5.32 Å². The normalized spacial score (nSPS) is 29.3. The van der Waals surface area contributed by atoms with Crippen molar-refractivity contribution in [3.05, 3.63) is 23.8 Å². The first-order valence-electron chi connectivity index (χ1n) is 5.71. The Hall–Kier alpha value is -2.08. The van der Waals surface area contributed by atoms with Crippen LogP contribution < -0.4 is 16.4 Å². The number of carbonyl (C=O) groups is 2. The van der Waals surface area contributed by atoms with E-state index < -0.39 is 5.41 Å². The minimum atomic E-state index is -1.21. The lowest BCUT2D eigenvalue weighted by molar-refractivity contribution is -0.131. The highest BCUT2D eigenvalue weighted by Crippen LogP contribution is 2.44. The van der Waals surface area contributed by atoms with E-state index >= 15 is 0 Å². The molecule has 18 heavy (non-hydrogen) atoms. The van der Waals surface area contributed by atoms with Crippen molar-refractivity contribution in [1.29, 1.82) is 0 Å². The number of hydrogen-bond donors (Lipinski definition) is 4. The highest BCUT2D eigenvalue weighted by Gasteiger charge is 2.57. The average Bonchev–Trinajstić information content (AvgIpc) is 2.80. The molecule has 1 aromatic rings. The molecule has 0 aliphatic carbocycles. The zero-order chi connectivity index (χ0) is 12.9. The van der Waals surface area contributed by atoms with Crippen molar-refractivity contribution in [2.75, 3.05) is 17.7 Å². The molecule has 0 unspecified atom stereocenters. The maximum absolute atomic E-state index is 12.1. The lowest BCUT2D eigenvalue weighted by Crippen LogP contribution is -2.41. The molecule has 94 valence electrons. The summed E-state index contributed by atoms with van der Waals surface area (Å²) in [6.07, 6.45) is 0.269. The van der Waals surface area contributed by atoms with Gasteiger partial charge in [-0.25, -0.2) is 0 Å². The third-order valence-corrected chi connectivity index (χ3v) is 3.64. The van der Waals surface area contributed by atoms with Gasteiger partial charge in [-0.05, 0) is 18.6 Å². The van der Waals surface area contributed by atoms with Gasteiger partial charge in [-0.1, -0.05) is 6.07 Å². The SMILES string of the molecule is Nc1ccc2c(c1)NC(=O)[C@]21C[C@@H](CO)NC1=O. The lowest BCUT2D eigenvalue weighted by atomic mass is 9.79. The Morgan fingerprint density at radius 2 is 2.17 bits per heavy atom. The number of nitrogens with two attached hydrogens (primary N) is 1. The molecular formula is C12H13N3O3. The zero-order valence-electron chi connectivity index (χ0n) is 9.56. The average molecular weight is 247 g/mol. The van der Waals surface area contributed by atoms with Crippen LogP contribution in [0.15, 0.2) is 18.2 Å². The van der Waals surface area contributed by atoms with Gasteiger partial charge in [0.1, 0.15) is 0 Å². The first kappa shape index (κ1) is 11.0. The summed E-state index contributed by atoms with van der Waals surface area (Å²) in [7, 11) is 0. The molecular weight excluding hydrogens is 234 g/mol. The monoisotopic (exact) mass is 247 g/mol. The molecule has 2 amide bonds. The molecule has 1 aromatic carbocycles. The van der Waals surface area contributed by atoms with Crippen LogP contribution in [0.3, 0.4) is 0 Å². The van der Waals surface area contributed by atoms with Gasteiger partial charge in [0.15, 0.2) is 5.41 Å². The maximum Gasteiger partial charge on any atom is 0.244 e. The van der Waals surface area contributed by atoms with Gasteiger partial charge in [0, 0.05) is 16.9 Å². The molecule has 2 aliphatic rings. The van der Waals surface area contributed by atoms with Crippen LogP contribution in [0.2, 0.25) is 0 Å². The predicted octanol–water partition coefficient (Wildman–Crippen LogP) is -0.660. The Kier molecular flexibility index (Phi) is 2.12. The summed E-state index contributed by atoms with van der Waals surface area (Å²) in [5, 5.41) is 14.5. The fourth-order valence-electron chi connectivity index (χ4n) is 2.75. The Balaban J connectivity index is 2.14. The number of anilines is 2. The van der Waals surface area contributed by atoms with Gasteiger partial charge >= 0.3 is 0 Å². The zero-order valence-corrected chi connectivity index (χ0v) is 9.56. The van der Waals surface area contributed by atoms with E-state index in [4.69, 9.17) is 10.8 Å². The predicted molar refractivity (Wildman–Crippen MR) is 64.8 cm³/mol. The number of aliphatic hydroxyl groups excluding tert-OH is 1. The van der Waals surface area contributed by atoms with Gasteiger partial charge in [-0.15, -0.1) is 0 Å². The molecule has 1 fully saturated rings. The van der Waals surface area contributed by atoms with E-state index in [1.807, 2.05) is 0 Å². The van der Waals surface area contributed by atoms with Crippen molar-refractivity contribution in [2.24, 2.45) is 0 Å². The van der Waals surface area contributed by atoms with E-state index in [-0.39, 0.29) is 30.9 Å². The van der Waals surface area contributed by atoms with E-state index in [1.165, 1.54) is 0 Å². The highest BCUT2D eigenvalue weighted by atomic mass is 16.3. The van der Waals surface area contributed by atoms with Crippen molar-refractivity contribution < 1.29 is 14.7 Å².